The van der Waals surface area contributed by atoms with Crippen LogP contribution in [-0.4, -0.2) is 40.4 Å². The predicted octanol–water partition coefficient (Wildman–Crippen LogP) is 2.92. The molecule has 1 amide bonds. The van der Waals surface area contributed by atoms with Gasteiger partial charge in [-0.15, -0.1) is 10.2 Å². The average molecular weight is 377 g/mol. The third-order valence-corrected chi connectivity index (χ3v) is 5.34. The first-order valence-electron chi connectivity index (χ1n) is 9.04. The number of aromatic nitrogens is 3. The summed E-state index contributed by atoms with van der Waals surface area (Å²) in [6, 6.07) is 7.89. The number of carbonyl (C=O) groups excluding carboxylic acids is 1. The van der Waals surface area contributed by atoms with Crippen molar-refractivity contribution in [2.24, 2.45) is 0 Å². The number of nitrogens with zero attached hydrogens (tertiary/aromatic N) is 3. The Bertz CT molecular complexity index is 754. The van der Waals surface area contributed by atoms with Gasteiger partial charge in [0.15, 0.2) is 0 Å². The number of carbonyl (C=O) groups is 1. The number of rotatable bonds is 6. The highest BCUT2D eigenvalue weighted by atomic mass is 35.5. The fourth-order valence-corrected chi connectivity index (χ4v) is 3.84. The second-order valence-electron chi connectivity index (χ2n) is 6.93. The van der Waals surface area contributed by atoms with Crippen molar-refractivity contribution in [3.63, 3.8) is 0 Å². The summed E-state index contributed by atoms with van der Waals surface area (Å²) in [7, 11) is 0. The van der Waals surface area contributed by atoms with Crippen molar-refractivity contribution in [2.45, 2.75) is 44.6 Å². The molecule has 0 aliphatic carbocycles. The Morgan fingerprint density at radius 1 is 1.35 bits per heavy atom. The number of benzene rings is 1. The zero-order valence-corrected chi connectivity index (χ0v) is 16.0. The molecule has 1 aliphatic heterocycles. The van der Waals surface area contributed by atoms with E-state index in [0.29, 0.717) is 50.1 Å². The van der Waals surface area contributed by atoms with Crippen LogP contribution in [0.5, 0.6) is 0 Å². The van der Waals surface area contributed by atoms with Crippen LogP contribution in [-0.2, 0) is 21.4 Å². The van der Waals surface area contributed by atoms with E-state index in [1.807, 2.05) is 28.8 Å². The fraction of sp³-hybridized carbons (Fsp3) is 0.526. The van der Waals surface area contributed by atoms with Crippen LogP contribution in [0.3, 0.4) is 0 Å². The van der Waals surface area contributed by atoms with Gasteiger partial charge in [0.05, 0.1) is 5.41 Å². The maximum atomic E-state index is 13.2. The number of hydrogen-bond donors (Lipinski definition) is 1. The molecule has 0 atom stereocenters. The van der Waals surface area contributed by atoms with Crippen molar-refractivity contribution < 1.29 is 9.53 Å². The van der Waals surface area contributed by atoms with Gasteiger partial charge in [-0.2, -0.15) is 0 Å². The van der Waals surface area contributed by atoms with E-state index in [1.165, 1.54) is 0 Å². The van der Waals surface area contributed by atoms with E-state index in [9.17, 15) is 4.79 Å². The molecule has 2 heterocycles. The van der Waals surface area contributed by atoms with E-state index >= 15 is 0 Å². The normalized spacial score (nSPS) is 16.6. The highest BCUT2D eigenvalue weighted by Gasteiger charge is 2.42. The van der Waals surface area contributed by atoms with Gasteiger partial charge in [-0.05, 0) is 38.3 Å². The Morgan fingerprint density at radius 2 is 2.08 bits per heavy atom. The lowest BCUT2D eigenvalue weighted by atomic mass is 9.73. The van der Waals surface area contributed by atoms with E-state index in [1.54, 1.807) is 6.33 Å². The standard InChI is InChI=1S/C19H25ClN4O2/c1-14(2)24-13-22-23-17(24)7-10-21-18(25)19(8-11-26-12-9-19)15-5-3-4-6-16(15)20/h3-6,13-14H,7-12H2,1-2H3,(H,21,25). The molecule has 1 aliphatic rings. The third kappa shape index (κ3) is 3.76. The molecule has 1 aromatic heterocycles. The van der Waals surface area contributed by atoms with E-state index in [2.05, 4.69) is 29.4 Å². The highest BCUT2D eigenvalue weighted by Crippen LogP contribution is 2.38. The third-order valence-electron chi connectivity index (χ3n) is 5.01. The van der Waals surface area contributed by atoms with Crippen molar-refractivity contribution in [3.8, 4) is 0 Å². The zero-order valence-electron chi connectivity index (χ0n) is 15.2. The van der Waals surface area contributed by atoms with Crippen LogP contribution < -0.4 is 5.32 Å². The molecule has 0 saturated carbocycles. The lowest BCUT2D eigenvalue weighted by molar-refractivity contribution is -0.130. The van der Waals surface area contributed by atoms with Gasteiger partial charge < -0.3 is 14.6 Å². The number of hydrogen-bond acceptors (Lipinski definition) is 4. The minimum atomic E-state index is -0.637. The molecule has 6 nitrogen and oxygen atoms in total. The molecule has 3 rings (SSSR count). The first kappa shape index (κ1) is 18.9. The molecular weight excluding hydrogens is 352 g/mol. The first-order valence-corrected chi connectivity index (χ1v) is 9.42. The molecule has 140 valence electrons. The van der Waals surface area contributed by atoms with Gasteiger partial charge in [-0.1, -0.05) is 29.8 Å². The number of ether oxygens (including phenoxy) is 1. The van der Waals surface area contributed by atoms with Gasteiger partial charge in [0.25, 0.3) is 0 Å². The van der Waals surface area contributed by atoms with Gasteiger partial charge in [0.2, 0.25) is 5.91 Å². The molecule has 0 radical (unpaired) electrons. The molecule has 26 heavy (non-hydrogen) atoms. The highest BCUT2D eigenvalue weighted by molar-refractivity contribution is 6.31. The van der Waals surface area contributed by atoms with Crippen molar-refractivity contribution in [1.82, 2.24) is 20.1 Å². The molecule has 2 aromatic rings. The average Bonchev–Trinajstić information content (AvgIpc) is 3.11. The molecule has 0 unspecified atom stereocenters. The van der Waals surface area contributed by atoms with E-state index in [0.717, 1.165) is 11.4 Å². The Hall–Kier alpha value is -1.92. The molecular formula is C19H25ClN4O2. The molecule has 0 spiro atoms. The molecule has 1 N–H and O–H groups in total. The maximum Gasteiger partial charge on any atom is 0.230 e. The van der Waals surface area contributed by atoms with Crippen LogP contribution in [0.1, 0.15) is 44.1 Å². The van der Waals surface area contributed by atoms with Gasteiger partial charge in [0, 0.05) is 37.2 Å². The SMILES string of the molecule is CC(C)n1cnnc1CCNC(=O)C1(c2ccccc2Cl)CCOCC1. The predicted molar refractivity (Wildman–Crippen MR) is 100 cm³/mol. The Labute approximate surface area is 158 Å². The number of halogens is 1. The molecule has 7 heteroatoms. The van der Waals surface area contributed by atoms with Crippen LogP contribution in [0, 0.1) is 0 Å². The first-order chi connectivity index (χ1) is 12.5. The summed E-state index contributed by atoms with van der Waals surface area (Å²) in [5.41, 5.74) is 0.246. The zero-order chi connectivity index (χ0) is 18.6. The Balaban J connectivity index is 1.73. The maximum absolute atomic E-state index is 13.2. The van der Waals surface area contributed by atoms with Gasteiger partial charge in [-0.25, -0.2) is 0 Å². The number of amides is 1. The van der Waals surface area contributed by atoms with Crippen LogP contribution in [0.25, 0.3) is 0 Å². The molecule has 1 fully saturated rings. The fourth-order valence-electron chi connectivity index (χ4n) is 3.52. The quantitative estimate of drug-likeness (QED) is 0.841. The van der Waals surface area contributed by atoms with Crippen LogP contribution in [0.2, 0.25) is 5.02 Å². The minimum absolute atomic E-state index is 0.00418. The van der Waals surface area contributed by atoms with Crippen molar-refractivity contribution >= 4 is 17.5 Å². The molecule has 0 bridgehead atoms. The summed E-state index contributed by atoms with van der Waals surface area (Å²) < 4.78 is 7.52. The summed E-state index contributed by atoms with van der Waals surface area (Å²) in [6.45, 7) is 5.79. The van der Waals surface area contributed by atoms with Crippen LogP contribution in [0.15, 0.2) is 30.6 Å². The van der Waals surface area contributed by atoms with Crippen molar-refractivity contribution in [2.75, 3.05) is 19.8 Å². The Morgan fingerprint density at radius 3 is 2.77 bits per heavy atom. The van der Waals surface area contributed by atoms with E-state index < -0.39 is 5.41 Å². The van der Waals surface area contributed by atoms with Crippen molar-refractivity contribution in [1.29, 1.82) is 0 Å². The summed E-state index contributed by atoms with van der Waals surface area (Å²) in [4.78, 5) is 13.2. The summed E-state index contributed by atoms with van der Waals surface area (Å²) >= 11 is 6.42. The summed E-state index contributed by atoms with van der Waals surface area (Å²) in [5.74, 6) is 0.878. The van der Waals surface area contributed by atoms with Gasteiger partial charge in [-0.3, -0.25) is 4.79 Å². The largest absolute Gasteiger partial charge is 0.381 e. The van der Waals surface area contributed by atoms with Crippen LogP contribution in [0.4, 0.5) is 0 Å². The minimum Gasteiger partial charge on any atom is -0.381 e. The number of nitrogens with one attached hydrogen (secondary N) is 1. The van der Waals surface area contributed by atoms with Crippen LogP contribution >= 0.6 is 11.6 Å². The lowest BCUT2D eigenvalue weighted by Crippen LogP contribution is -2.48. The lowest BCUT2D eigenvalue weighted by Gasteiger charge is -2.36. The summed E-state index contributed by atoms with van der Waals surface area (Å²) in [5, 5.41) is 11.8. The van der Waals surface area contributed by atoms with Gasteiger partial charge in [0.1, 0.15) is 12.2 Å². The topological polar surface area (TPSA) is 69.0 Å². The molecule has 1 aromatic carbocycles. The van der Waals surface area contributed by atoms with Gasteiger partial charge >= 0.3 is 0 Å². The van der Waals surface area contributed by atoms with E-state index in [-0.39, 0.29) is 5.91 Å². The second kappa shape index (κ2) is 8.18. The summed E-state index contributed by atoms with van der Waals surface area (Å²) in [6.07, 6.45) is 3.63. The second-order valence-corrected chi connectivity index (χ2v) is 7.34. The smallest absolute Gasteiger partial charge is 0.230 e. The monoisotopic (exact) mass is 376 g/mol. The molecule has 1 saturated heterocycles. The van der Waals surface area contributed by atoms with E-state index in [4.69, 9.17) is 16.3 Å². The Kier molecular flexibility index (Phi) is 5.94. The van der Waals surface area contributed by atoms with Crippen molar-refractivity contribution in [3.05, 3.63) is 47.0 Å².